The summed E-state index contributed by atoms with van der Waals surface area (Å²) in [7, 11) is 3.22. The molecule has 4 aromatic rings. The Kier molecular flexibility index (Phi) is 7.24. The second-order valence-electron chi connectivity index (χ2n) is 8.90. The number of nitrogens with zero attached hydrogens (tertiary/aromatic N) is 2. The van der Waals surface area contributed by atoms with E-state index in [-0.39, 0.29) is 17.2 Å². The summed E-state index contributed by atoms with van der Waals surface area (Å²) < 4.78 is 0.860. The number of aryl methyl sites for hydroxylation is 1. The van der Waals surface area contributed by atoms with E-state index in [1.165, 1.54) is 23.4 Å². The quantitative estimate of drug-likeness (QED) is 0.114. The molecule has 1 N–H and O–H groups in total. The molecule has 0 atom stereocenters. The minimum absolute atomic E-state index is 0.0468. The molecule has 0 saturated carbocycles. The third-order valence-corrected chi connectivity index (χ3v) is 11.2. The number of carbonyl (C=O) groups excluding carboxylic acids is 1. The zero-order chi connectivity index (χ0) is 25.4. The maximum atomic E-state index is 13.6. The van der Waals surface area contributed by atoms with Gasteiger partial charge < -0.3 is 9.88 Å². The summed E-state index contributed by atoms with van der Waals surface area (Å²) in [5.41, 5.74) is 4.07. The molecule has 0 saturated heterocycles. The predicted molar refractivity (Wildman–Crippen MR) is 155 cm³/mol. The number of rotatable bonds is 6. The number of fused-ring (bicyclic) bond motifs is 3. The fraction of sp³-hybridized carbons (Fsp3) is 0.231. The molecule has 0 unspecified atom stereocenters. The van der Waals surface area contributed by atoms with Gasteiger partial charge in [0.1, 0.15) is 3.82 Å². The summed E-state index contributed by atoms with van der Waals surface area (Å²) in [4.78, 5) is 37.4. The minimum atomic E-state index is -0.535. The van der Waals surface area contributed by atoms with Crippen molar-refractivity contribution in [2.75, 3.05) is 10.7 Å². The van der Waals surface area contributed by atoms with Gasteiger partial charge in [-0.25, -0.2) is 4.98 Å². The van der Waals surface area contributed by atoms with Crippen LogP contribution in [0.25, 0.3) is 11.1 Å². The van der Waals surface area contributed by atoms with Crippen LogP contribution in [0.15, 0.2) is 69.4 Å². The Morgan fingerprint density at radius 2 is 1.86 bits per heavy atom. The van der Waals surface area contributed by atoms with Crippen LogP contribution in [0.3, 0.4) is 0 Å². The fourth-order valence-electron chi connectivity index (χ4n) is 4.24. The molecule has 5 nitrogen and oxygen atoms in total. The zero-order valence-corrected chi connectivity index (χ0v) is 23.9. The Labute approximate surface area is 230 Å². The van der Waals surface area contributed by atoms with Crippen LogP contribution in [0.4, 0.5) is 5.69 Å². The van der Waals surface area contributed by atoms with Gasteiger partial charge in [-0.05, 0) is 39.0 Å². The van der Waals surface area contributed by atoms with Crippen LogP contribution in [0.5, 0.6) is 0 Å². The van der Waals surface area contributed by atoms with E-state index in [2.05, 4.69) is 55.0 Å². The number of H-pyrrole nitrogens is 1. The number of carbonyl (C=O) groups is 1. The first-order valence-corrected chi connectivity index (χ1v) is 15.8. The second-order valence-corrected chi connectivity index (χ2v) is 13.7. The van der Waals surface area contributed by atoms with Gasteiger partial charge in [0.2, 0.25) is 5.91 Å². The number of hydrogen-bond acceptors (Lipinski definition) is 8. The van der Waals surface area contributed by atoms with Crippen LogP contribution in [0.2, 0.25) is 0 Å². The van der Waals surface area contributed by atoms with Crippen LogP contribution in [0, 0.1) is 10.7 Å². The molecule has 0 fully saturated rings. The Hall–Kier alpha value is -2.24. The third kappa shape index (κ3) is 4.97. The van der Waals surface area contributed by atoms with E-state index in [4.69, 9.17) is 12.2 Å². The van der Waals surface area contributed by atoms with Crippen molar-refractivity contribution in [1.29, 1.82) is 0 Å². The van der Waals surface area contributed by atoms with E-state index in [0.29, 0.717) is 16.6 Å². The van der Waals surface area contributed by atoms with Crippen molar-refractivity contribution in [3.63, 3.8) is 0 Å². The lowest BCUT2D eigenvalue weighted by molar-refractivity contribution is -0.117. The van der Waals surface area contributed by atoms with Gasteiger partial charge in [0, 0.05) is 27.8 Å². The lowest BCUT2D eigenvalue weighted by Gasteiger charge is -2.42. The molecule has 0 aliphatic carbocycles. The second kappa shape index (κ2) is 10.3. The first kappa shape index (κ1) is 25.4. The molecule has 36 heavy (non-hydrogen) atoms. The van der Waals surface area contributed by atoms with Gasteiger partial charge in [-0.15, -0.1) is 11.8 Å². The standard InChI is InChI=1S/C26H23N3O2S5/c1-15-8-10-17(11-9-15)33-13-16-12-20(30)28-25(27-16)34-14-21(31)29-19-7-5-4-6-18(19)22-23(26(29,2)3)35-36-24(22)32/h4-12H,13-14H2,1-3H3,(H,27,28,30). The molecule has 5 rings (SSSR count). The van der Waals surface area contributed by atoms with Gasteiger partial charge in [-0.3, -0.25) is 9.59 Å². The van der Waals surface area contributed by atoms with Gasteiger partial charge in [0.15, 0.2) is 5.16 Å². The Balaban J connectivity index is 1.35. The molecular weight excluding hydrogens is 547 g/mol. The van der Waals surface area contributed by atoms with Gasteiger partial charge >= 0.3 is 0 Å². The average molecular weight is 570 g/mol. The van der Waals surface area contributed by atoms with Gasteiger partial charge in [0.25, 0.3) is 5.56 Å². The summed E-state index contributed by atoms with van der Waals surface area (Å²) in [5.74, 6) is 0.682. The van der Waals surface area contributed by atoms with Gasteiger partial charge in [-0.2, -0.15) is 0 Å². The van der Waals surface area contributed by atoms with E-state index in [0.717, 1.165) is 30.4 Å². The van der Waals surface area contributed by atoms with E-state index in [1.54, 1.807) is 32.4 Å². The molecule has 0 radical (unpaired) electrons. The highest BCUT2D eigenvalue weighted by Crippen LogP contribution is 2.52. The lowest BCUT2D eigenvalue weighted by Crippen LogP contribution is -2.48. The molecule has 184 valence electrons. The minimum Gasteiger partial charge on any atom is -0.301 e. The topological polar surface area (TPSA) is 66.1 Å². The molecule has 3 heterocycles. The van der Waals surface area contributed by atoms with Gasteiger partial charge in [-0.1, -0.05) is 80.6 Å². The summed E-state index contributed by atoms with van der Waals surface area (Å²) in [6, 6.07) is 17.7. The highest BCUT2D eigenvalue weighted by atomic mass is 32.9. The highest BCUT2D eigenvalue weighted by molar-refractivity contribution is 7.99. The maximum absolute atomic E-state index is 13.6. The van der Waals surface area contributed by atoms with Crippen molar-refractivity contribution in [2.45, 2.75) is 42.1 Å². The number of thioether (sulfide) groups is 2. The first-order chi connectivity index (χ1) is 17.2. The number of amides is 1. The predicted octanol–water partition coefficient (Wildman–Crippen LogP) is 7.26. The number of benzene rings is 2. The number of aromatic amines is 1. The van der Waals surface area contributed by atoms with Crippen molar-refractivity contribution >= 4 is 68.0 Å². The van der Waals surface area contributed by atoms with Crippen molar-refractivity contribution in [3.05, 3.63) is 84.9 Å². The first-order valence-electron chi connectivity index (χ1n) is 11.2. The molecule has 1 amide bonds. The Morgan fingerprint density at radius 3 is 2.64 bits per heavy atom. The molecule has 2 aromatic heterocycles. The maximum Gasteiger partial charge on any atom is 0.251 e. The van der Waals surface area contributed by atoms with Crippen LogP contribution >= 0.6 is 56.4 Å². The average Bonchev–Trinajstić information content (AvgIpc) is 3.25. The Morgan fingerprint density at radius 1 is 1.11 bits per heavy atom. The molecule has 2 aromatic carbocycles. The summed E-state index contributed by atoms with van der Waals surface area (Å²) in [6.07, 6.45) is 0. The molecule has 0 bridgehead atoms. The van der Waals surface area contributed by atoms with Crippen LogP contribution in [-0.2, 0) is 16.1 Å². The van der Waals surface area contributed by atoms with Crippen LogP contribution in [0.1, 0.15) is 30.0 Å². The van der Waals surface area contributed by atoms with Crippen molar-refractivity contribution in [2.24, 2.45) is 0 Å². The molecule has 10 heteroatoms. The van der Waals surface area contributed by atoms with Crippen LogP contribution in [-0.4, -0.2) is 21.6 Å². The largest absolute Gasteiger partial charge is 0.301 e. The van der Waals surface area contributed by atoms with E-state index >= 15 is 0 Å². The number of para-hydroxylation sites is 1. The molecule has 0 spiro atoms. The number of anilines is 1. The van der Waals surface area contributed by atoms with Crippen LogP contribution < -0.4 is 10.5 Å². The van der Waals surface area contributed by atoms with Gasteiger partial charge in [0.05, 0.1) is 27.6 Å². The van der Waals surface area contributed by atoms with Crippen molar-refractivity contribution in [1.82, 2.24) is 9.97 Å². The normalized spacial score (nSPS) is 13.8. The smallest absolute Gasteiger partial charge is 0.251 e. The molecular formula is C26H23N3O2S5. The Bertz CT molecular complexity index is 1550. The zero-order valence-electron chi connectivity index (χ0n) is 19.9. The number of nitrogens with one attached hydrogen (secondary N) is 1. The highest BCUT2D eigenvalue weighted by Gasteiger charge is 2.42. The van der Waals surface area contributed by atoms with E-state index < -0.39 is 5.54 Å². The van der Waals surface area contributed by atoms with Crippen molar-refractivity contribution < 1.29 is 4.79 Å². The monoisotopic (exact) mass is 569 g/mol. The number of aromatic nitrogens is 2. The molecule has 1 aliphatic heterocycles. The fourth-order valence-corrected chi connectivity index (χ4v) is 9.05. The van der Waals surface area contributed by atoms with E-state index in [1.807, 2.05) is 29.2 Å². The summed E-state index contributed by atoms with van der Waals surface area (Å²) in [6.45, 7) is 6.17. The van der Waals surface area contributed by atoms with Crippen molar-refractivity contribution in [3.8, 4) is 11.1 Å². The third-order valence-electron chi connectivity index (χ3n) is 5.92. The lowest BCUT2D eigenvalue weighted by atomic mass is 9.87. The molecule has 1 aliphatic rings. The van der Waals surface area contributed by atoms with E-state index in [9.17, 15) is 9.59 Å². The summed E-state index contributed by atoms with van der Waals surface area (Å²) >= 11 is 8.51. The number of hydrogen-bond donors (Lipinski definition) is 1. The summed E-state index contributed by atoms with van der Waals surface area (Å²) in [5, 5.41) is 0.449. The SMILES string of the molecule is Cc1ccc(SCc2cc(=O)[nH]c(SCC(=O)N3c4ccccc4-c4c(ssc4=S)C3(C)C)n2)cc1.